The van der Waals surface area contributed by atoms with Gasteiger partial charge in [-0.15, -0.1) is 0 Å². The van der Waals surface area contributed by atoms with Gasteiger partial charge in [0.2, 0.25) is 0 Å². The number of hydrogen-bond donors (Lipinski definition) is 1. The van der Waals surface area contributed by atoms with Crippen LogP contribution in [0, 0.1) is 11.3 Å². The Bertz CT molecular complexity index is 1230. The van der Waals surface area contributed by atoms with Crippen LogP contribution in [0.3, 0.4) is 0 Å². The summed E-state index contributed by atoms with van der Waals surface area (Å²) in [5, 5.41) is 14.6. The van der Waals surface area contributed by atoms with Gasteiger partial charge in [-0.05, 0) is 50.7 Å². The van der Waals surface area contributed by atoms with Crippen molar-refractivity contribution in [3.05, 3.63) is 54.0 Å². The average molecular weight is 449 g/mol. The van der Waals surface area contributed by atoms with E-state index in [1.54, 1.807) is 35.2 Å². The minimum absolute atomic E-state index is 0.0149. The Kier molecular flexibility index (Phi) is 4.46. The van der Waals surface area contributed by atoms with Crippen molar-refractivity contribution in [3.8, 4) is 11.5 Å². The Balaban J connectivity index is 1.20. The SMILES string of the molecule is CC1(C)Oc2c(O)cccc2[C@H]2OCC3(CCN(C(=O)c4cnn5cccnc45)CC3)C[C@@H]21. The third-order valence-corrected chi connectivity index (χ3v) is 7.80. The summed E-state index contributed by atoms with van der Waals surface area (Å²) in [5.41, 5.74) is 1.63. The van der Waals surface area contributed by atoms with Crippen molar-refractivity contribution >= 4 is 11.6 Å². The highest BCUT2D eigenvalue weighted by atomic mass is 16.5. The van der Waals surface area contributed by atoms with Crippen molar-refractivity contribution in [3.63, 3.8) is 0 Å². The molecule has 1 amide bonds. The number of fused-ring (bicyclic) bond motifs is 4. The standard InChI is InChI=1S/C25H28N4O4/c1-24(2)18-13-25(15-32-20(18)16-5-3-6-19(30)21(16)33-24)7-11-28(12-8-25)23(31)17-14-27-29-10-4-9-26-22(17)29/h3-6,9-10,14,18,20,30H,7-8,11-13,15H2,1-2H3/t18-,20+/m0/s1. The van der Waals surface area contributed by atoms with Crippen molar-refractivity contribution in [2.75, 3.05) is 19.7 Å². The molecule has 2 aromatic heterocycles. The molecule has 0 aliphatic carbocycles. The van der Waals surface area contributed by atoms with Crippen molar-refractivity contribution < 1.29 is 19.4 Å². The zero-order valence-electron chi connectivity index (χ0n) is 18.9. The number of nitrogens with zero attached hydrogens (tertiary/aromatic N) is 4. The number of carbonyl (C=O) groups excluding carboxylic acids is 1. The molecule has 0 unspecified atom stereocenters. The van der Waals surface area contributed by atoms with Crippen LogP contribution in [0.2, 0.25) is 0 Å². The lowest BCUT2D eigenvalue weighted by atomic mass is 9.64. The second kappa shape index (κ2) is 7.18. The number of benzene rings is 1. The van der Waals surface area contributed by atoms with Crippen LogP contribution < -0.4 is 4.74 Å². The lowest BCUT2D eigenvalue weighted by Crippen LogP contribution is -2.54. The Morgan fingerprint density at radius 3 is 2.85 bits per heavy atom. The van der Waals surface area contributed by atoms with E-state index in [0.717, 1.165) is 24.8 Å². The number of likely N-dealkylation sites (tertiary alicyclic amines) is 1. The van der Waals surface area contributed by atoms with E-state index in [1.165, 1.54) is 0 Å². The van der Waals surface area contributed by atoms with Crippen LogP contribution in [-0.2, 0) is 4.74 Å². The fourth-order valence-corrected chi connectivity index (χ4v) is 5.83. The molecule has 2 atom stereocenters. The zero-order chi connectivity index (χ0) is 22.8. The minimum atomic E-state index is -0.459. The first kappa shape index (κ1) is 20.5. The number of amides is 1. The van der Waals surface area contributed by atoms with Gasteiger partial charge in [0.25, 0.3) is 5.91 Å². The van der Waals surface area contributed by atoms with E-state index >= 15 is 0 Å². The highest BCUT2D eigenvalue weighted by Gasteiger charge is 2.53. The summed E-state index contributed by atoms with van der Waals surface area (Å²) in [6.07, 6.45) is 7.74. The topological polar surface area (TPSA) is 89.2 Å². The maximum absolute atomic E-state index is 13.2. The number of ether oxygens (including phenoxy) is 2. The third-order valence-electron chi connectivity index (χ3n) is 7.80. The van der Waals surface area contributed by atoms with E-state index in [0.29, 0.717) is 36.7 Å². The Labute approximate surface area is 192 Å². The summed E-state index contributed by atoms with van der Waals surface area (Å²) in [6.45, 7) is 6.18. The Morgan fingerprint density at radius 1 is 1.21 bits per heavy atom. The predicted octanol–water partition coefficient (Wildman–Crippen LogP) is 3.61. The normalized spacial score (nSPS) is 25.3. The predicted molar refractivity (Wildman–Crippen MR) is 120 cm³/mol. The van der Waals surface area contributed by atoms with E-state index < -0.39 is 5.60 Å². The Hall–Kier alpha value is -3.13. The molecule has 33 heavy (non-hydrogen) atoms. The van der Waals surface area contributed by atoms with Gasteiger partial charge in [0.05, 0.1) is 18.9 Å². The summed E-state index contributed by atoms with van der Waals surface area (Å²) < 4.78 is 14.4. The second-order valence-electron chi connectivity index (χ2n) is 10.2. The number of aromatic nitrogens is 3. The van der Waals surface area contributed by atoms with Gasteiger partial charge in [-0.25, -0.2) is 9.50 Å². The fraction of sp³-hybridized carbons (Fsp3) is 0.480. The Morgan fingerprint density at radius 2 is 2.03 bits per heavy atom. The van der Waals surface area contributed by atoms with Crippen LogP contribution >= 0.6 is 0 Å². The number of phenolic OH excluding ortho intramolecular Hbond substituents is 1. The first-order valence-electron chi connectivity index (χ1n) is 11.6. The van der Waals surface area contributed by atoms with Gasteiger partial charge in [-0.2, -0.15) is 5.10 Å². The molecular weight excluding hydrogens is 420 g/mol. The number of carbonyl (C=O) groups is 1. The molecule has 0 saturated carbocycles. The highest BCUT2D eigenvalue weighted by Crippen LogP contribution is 2.56. The lowest BCUT2D eigenvalue weighted by molar-refractivity contribution is -0.173. The largest absolute Gasteiger partial charge is 0.504 e. The molecule has 8 nitrogen and oxygen atoms in total. The van der Waals surface area contributed by atoms with E-state index in [9.17, 15) is 9.90 Å². The number of phenols is 1. The molecule has 3 aromatic rings. The molecule has 0 radical (unpaired) electrons. The molecule has 172 valence electrons. The van der Waals surface area contributed by atoms with Crippen molar-refractivity contribution in [1.82, 2.24) is 19.5 Å². The van der Waals surface area contributed by atoms with E-state index in [2.05, 4.69) is 23.9 Å². The van der Waals surface area contributed by atoms with Gasteiger partial charge in [0.1, 0.15) is 11.2 Å². The average Bonchev–Trinajstić information content (AvgIpc) is 3.24. The number of aromatic hydroxyl groups is 1. The van der Waals surface area contributed by atoms with Crippen molar-refractivity contribution in [2.24, 2.45) is 11.3 Å². The van der Waals surface area contributed by atoms with Crippen LogP contribution in [0.1, 0.15) is 55.1 Å². The summed E-state index contributed by atoms with van der Waals surface area (Å²) >= 11 is 0. The quantitative estimate of drug-likeness (QED) is 0.612. The van der Waals surface area contributed by atoms with Gasteiger partial charge in [-0.1, -0.05) is 12.1 Å². The van der Waals surface area contributed by atoms with Crippen molar-refractivity contribution in [1.29, 1.82) is 0 Å². The first-order chi connectivity index (χ1) is 15.9. The summed E-state index contributed by atoms with van der Waals surface area (Å²) in [4.78, 5) is 19.4. The number of para-hydroxylation sites is 1. The molecule has 6 rings (SSSR count). The van der Waals surface area contributed by atoms with Gasteiger partial charge in [0.15, 0.2) is 17.1 Å². The fourth-order valence-electron chi connectivity index (χ4n) is 5.83. The van der Waals surface area contributed by atoms with Crippen LogP contribution in [0.4, 0.5) is 0 Å². The van der Waals surface area contributed by atoms with Crippen LogP contribution in [0.15, 0.2) is 42.9 Å². The maximum atomic E-state index is 13.2. The minimum Gasteiger partial charge on any atom is -0.504 e. The number of piperidine rings is 1. The molecule has 0 bridgehead atoms. The zero-order valence-corrected chi connectivity index (χ0v) is 18.9. The molecule has 1 N–H and O–H groups in total. The molecule has 8 heteroatoms. The number of hydrogen-bond acceptors (Lipinski definition) is 6. The van der Waals surface area contributed by atoms with Gasteiger partial charge in [-0.3, -0.25) is 4.79 Å². The van der Waals surface area contributed by atoms with Gasteiger partial charge in [0, 0.05) is 37.0 Å². The highest BCUT2D eigenvalue weighted by molar-refractivity contribution is 5.99. The maximum Gasteiger partial charge on any atom is 0.259 e. The van der Waals surface area contributed by atoms with Crippen LogP contribution in [0.5, 0.6) is 11.5 Å². The monoisotopic (exact) mass is 448 g/mol. The molecular formula is C25H28N4O4. The summed E-state index contributed by atoms with van der Waals surface area (Å²) in [6, 6.07) is 7.29. The molecule has 1 spiro atoms. The summed E-state index contributed by atoms with van der Waals surface area (Å²) in [7, 11) is 0. The molecule has 2 saturated heterocycles. The van der Waals surface area contributed by atoms with Gasteiger partial charge >= 0.3 is 0 Å². The number of rotatable bonds is 1. The third kappa shape index (κ3) is 3.19. The van der Waals surface area contributed by atoms with Crippen LogP contribution in [0.25, 0.3) is 5.65 Å². The molecule has 2 fully saturated rings. The van der Waals surface area contributed by atoms with E-state index in [-0.39, 0.29) is 29.1 Å². The van der Waals surface area contributed by atoms with Crippen LogP contribution in [-0.4, -0.2) is 55.8 Å². The molecule has 3 aliphatic rings. The molecule has 3 aliphatic heterocycles. The first-order valence-corrected chi connectivity index (χ1v) is 11.6. The smallest absolute Gasteiger partial charge is 0.259 e. The summed E-state index contributed by atoms with van der Waals surface area (Å²) in [5.74, 6) is 0.865. The van der Waals surface area contributed by atoms with Crippen molar-refractivity contribution in [2.45, 2.75) is 44.8 Å². The van der Waals surface area contributed by atoms with E-state index in [1.807, 2.05) is 17.0 Å². The van der Waals surface area contributed by atoms with Gasteiger partial charge < -0.3 is 19.5 Å². The second-order valence-corrected chi connectivity index (χ2v) is 10.2. The molecule has 1 aromatic carbocycles. The van der Waals surface area contributed by atoms with E-state index in [4.69, 9.17) is 9.47 Å². The lowest BCUT2D eigenvalue weighted by Gasteiger charge is -2.54. The molecule has 5 heterocycles.